The van der Waals surface area contributed by atoms with Gasteiger partial charge in [0.15, 0.2) is 10.6 Å². The third-order valence-electron chi connectivity index (χ3n) is 3.33. The number of aryl methyl sites for hydroxylation is 3. The Morgan fingerprint density at radius 1 is 1.19 bits per heavy atom. The highest BCUT2D eigenvalue weighted by Gasteiger charge is 2.20. The normalized spacial score (nSPS) is 11.0. The number of rotatable bonds is 2. The lowest BCUT2D eigenvalue weighted by atomic mass is 10.2. The van der Waals surface area contributed by atoms with Crippen LogP contribution in [-0.4, -0.2) is 24.5 Å². The van der Waals surface area contributed by atoms with E-state index in [0.29, 0.717) is 15.6 Å². The van der Waals surface area contributed by atoms with Crippen LogP contribution in [0.4, 0.5) is 0 Å². The minimum Gasteiger partial charge on any atom is -0.267 e. The number of aromatic amines is 1. The van der Waals surface area contributed by atoms with Gasteiger partial charge in [0.05, 0.1) is 16.4 Å². The van der Waals surface area contributed by atoms with Gasteiger partial charge in [0.1, 0.15) is 5.69 Å². The second-order valence-electron chi connectivity index (χ2n) is 4.89. The van der Waals surface area contributed by atoms with Crippen LogP contribution in [0.15, 0.2) is 24.3 Å². The molecule has 1 aromatic carbocycles. The predicted molar refractivity (Wildman–Crippen MR) is 85.4 cm³/mol. The summed E-state index contributed by atoms with van der Waals surface area (Å²) in [4.78, 5) is 0. The number of hydrogen-bond donors (Lipinski definition) is 1. The predicted octanol–water partition coefficient (Wildman–Crippen LogP) is 3.60. The van der Waals surface area contributed by atoms with Gasteiger partial charge in [-0.2, -0.15) is 10.2 Å². The molecule has 108 valence electrons. The van der Waals surface area contributed by atoms with E-state index in [-0.39, 0.29) is 0 Å². The standard InChI is InChI=1S/C14H14ClN5S/c1-8-4-6-10(7-5-8)20-13(16-17-14(20)21)12-11(15)9(2)18-19(12)3/h4-7H,1-3H3,(H,17,21). The number of nitrogens with one attached hydrogen (secondary N) is 1. The van der Waals surface area contributed by atoms with E-state index in [0.717, 1.165) is 17.1 Å². The highest BCUT2D eigenvalue weighted by atomic mass is 35.5. The minimum atomic E-state index is 0.517. The van der Waals surface area contributed by atoms with Crippen LogP contribution >= 0.6 is 23.8 Å². The number of hydrogen-bond acceptors (Lipinski definition) is 3. The lowest BCUT2D eigenvalue weighted by molar-refractivity contribution is 0.756. The van der Waals surface area contributed by atoms with Crippen molar-refractivity contribution in [3.63, 3.8) is 0 Å². The molecule has 2 heterocycles. The van der Waals surface area contributed by atoms with Gasteiger partial charge in [-0.3, -0.25) is 14.3 Å². The molecule has 1 N–H and O–H groups in total. The number of H-pyrrole nitrogens is 1. The topological polar surface area (TPSA) is 51.4 Å². The van der Waals surface area contributed by atoms with Gasteiger partial charge in [-0.15, -0.1) is 0 Å². The number of nitrogens with zero attached hydrogens (tertiary/aromatic N) is 4. The third kappa shape index (κ3) is 2.30. The van der Waals surface area contributed by atoms with Crippen molar-refractivity contribution in [2.75, 3.05) is 0 Å². The van der Waals surface area contributed by atoms with Gasteiger partial charge >= 0.3 is 0 Å². The van der Waals surface area contributed by atoms with Gasteiger partial charge in [-0.05, 0) is 38.2 Å². The summed E-state index contributed by atoms with van der Waals surface area (Å²) >= 11 is 11.7. The van der Waals surface area contributed by atoms with Crippen molar-refractivity contribution in [2.24, 2.45) is 7.05 Å². The molecule has 0 amide bonds. The molecule has 3 rings (SSSR count). The maximum absolute atomic E-state index is 6.36. The molecule has 0 radical (unpaired) electrons. The van der Waals surface area contributed by atoms with Crippen molar-refractivity contribution in [1.29, 1.82) is 0 Å². The van der Waals surface area contributed by atoms with E-state index in [1.165, 1.54) is 5.56 Å². The third-order valence-corrected chi connectivity index (χ3v) is 4.05. The molecular formula is C14H14ClN5S. The molecule has 0 aliphatic carbocycles. The van der Waals surface area contributed by atoms with Gasteiger partial charge in [-0.1, -0.05) is 29.3 Å². The van der Waals surface area contributed by atoms with E-state index in [1.807, 2.05) is 49.7 Å². The number of aromatic nitrogens is 5. The highest BCUT2D eigenvalue weighted by Crippen LogP contribution is 2.30. The summed E-state index contributed by atoms with van der Waals surface area (Å²) in [5, 5.41) is 12.1. The Balaban J connectivity index is 2.27. The first-order valence-corrected chi connectivity index (χ1v) is 7.21. The summed E-state index contributed by atoms with van der Waals surface area (Å²) in [6.07, 6.45) is 0. The molecule has 0 unspecified atom stereocenters. The molecule has 0 bridgehead atoms. The first kappa shape index (κ1) is 14.0. The van der Waals surface area contributed by atoms with Crippen LogP contribution in [0.25, 0.3) is 17.2 Å². The van der Waals surface area contributed by atoms with Crippen LogP contribution in [0.3, 0.4) is 0 Å². The van der Waals surface area contributed by atoms with Crippen LogP contribution in [0, 0.1) is 18.6 Å². The van der Waals surface area contributed by atoms with E-state index in [2.05, 4.69) is 15.3 Å². The monoisotopic (exact) mass is 319 g/mol. The van der Waals surface area contributed by atoms with E-state index >= 15 is 0 Å². The van der Waals surface area contributed by atoms with Crippen molar-refractivity contribution in [3.05, 3.63) is 45.3 Å². The fraction of sp³-hybridized carbons (Fsp3) is 0.214. The average molecular weight is 320 g/mol. The Hall–Kier alpha value is -1.92. The smallest absolute Gasteiger partial charge is 0.200 e. The van der Waals surface area contributed by atoms with E-state index in [4.69, 9.17) is 23.8 Å². The Labute approximate surface area is 132 Å². The first-order valence-electron chi connectivity index (χ1n) is 6.43. The Bertz CT molecular complexity index is 857. The molecule has 0 fully saturated rings. The van der Waals surface area contributed by atoms with Crippen LogP contribution in [0.5, 0.6) is 0 Å². The SMILES string of the molecule is Cc1ccc(-n2c(-c3c(Cl)c(C)nn3C)n[nH]c2=S)cc1. The molecule has 0 aliphatic heterocycles. The zero-order valence-corrected chi connectivity index (χ0v) is 13.5. The number of benzene rings is 1. The van der Waals surface area contributed by atoms with Gasteiger partial charge in [-0.25, -0.2) is 0 Å². The Morgan fingerprint density at radius 2 is 1.86 bits per heavy atom. The lowest BCUT2D eigenvalue weighted by Gasteiger charge is -2.08. The van der Waals surface area contributed by atoms with Crippen molar-refractivity contribution >= 4 is 23.8 Å². The first-order chi connectivity index (χ1) is 9.99. The van der Waals surface area contributed by atoms with Gasteiger partial charge in [0.25, 0.3) is 0 Å². The zero-order chi connectivity index (χ0) is 15.1. The van der Waals surface area contributed by atoms with Crippen LogP contribution < -0.4 is 0 Å². The molecule has 0 spiro atoms. The molecular weight excluding hydrogens is 306 g/mol. The largest absolute Gasteiger partial charge is 0.267 e. The van der Waals surface area contributed by atoms with E-state index in [1.54, 1.807) is 4.68 Å². The summed E-state index contributed by atoms with van der Waals surface area (Å²) in [6, 6.07) is 8.07. The van der Waals surface area contributed by atoms with Crippen molar-refractivity contribution in [3.8, 4) is 17.2 Å². The molecule has 3 aromatic rings. The summed E-state index contributed by atoms with van der Waals surface area (Å²) in [5.74, 6) is 0.650. The van der Waals surface area contributed by atoms with Crippen molar-refractivity contribution < 1.29 is 0 Å². The Kier molecular flexibility index (Phi) is 3.43. The molecule has 0 aliphatic rings. The summed E-state index contributed by atoms with van der Waals surface area (Å²) in [7, 11) is 1.84. The van der Waals surface area contributed by atoms with Gasteiger partial charge < -0.3 is 0 Å². The second-order valence-corrected chi connectivity index (χ2v) is 5.66. The second kappa shape index (κ2) is 5.13. The summed E-state index contributed by atoms with van der Waals surface area (Å²) in [5.41, 5.74) is 3.62. The van der Waals surface area contributed by atoms with Crippen molar-refractivity contribution in [2.45, 2.75) is 13.8 Å². The lowest BCUT2D eigenvalue weighted by Crippen LogP contribution is -2.02. The zero-order valence-electron chi connectivity index (χ0n) is 11.9. The molecule has 0 saturated carbocycles. The molecule has 5 nitrogen and oxygen atoms in total. The summed E-state index contributed by atoms with van der Waals surface area (Å²) < 4.78 is 4.09. The van der Waals surface area contributed by atoms with Crippen LogP contribution in [0.2, 0.25) is 5.02 Å². The molecule has 2 aromatic heterocycles. The van der Waals surface area contributed by atoms with Gasteiger partial charge in [0, 0.05) is 7.05 Å². The summed E-state index contributed by atoms with van der Waals surface area (Å²) in [6.45, 7) is 3.91. The van der Waals surface area contributed by atoms with E-state index in [9.17, 15) is 0 Å². The van der Waals surface area contributed by atoms with Gasteiger partial charge in [0.2, 0.25) is 0 Å². The van der Waals surface area contributed by atoms with Crippen molar-refractivity contribution in [1.82, 2.24) is 24.5 Å². The Morgan fingerprint density at radius 3 is 2.43 bits per heavy atom. The fourth-order valence-electron chi connectivity index (χ4n) is 2.26. The fourth-order valence-corrected chi connectivity index (χ4v) is 2.75. The quantitative estimate of drug-likeness (QED) is 0.734. The maximum atomic E-state index is 6.36. The molecule has 0 atom stereocenters. The molecule has 21 heavy (non-hydrogen) atoms. The minimum absolute atomic E-state index is 0.517. The maximum Gasteiger partial charge on any atom is 0.200 e. The highest BCUT2D eigenvalue weighted by molar-refractivity contribution is 7.71. The van der Waals surface area contributed by atoms with Crippen LogP contribution in [-0.2, 0) is 7.05 Å². The molecule has 7 heteroatoms. The van der Waals surface area contributed by atoms with Crippen LogP contribution in [0.1, 0.15) is 11.3 Å². The number of halogens is 1. The van der Waals surface area contributed by atoms with E-state index < -0.39 is 0 Å². The molecule has 0 saturated heterocycles. The average Bonchev–Trinajstić information content (AvgIpc) is 2.92.